The number of nitrogens with one attached hydrogen (secondary N) is 1. The quantitative estimate of drug-likeness (QED) is 0.218. The van der Waals surface area contributed by atoms with Gasteiger partial charge in [0.05, 0.1) is 19.8 Å². The van der Waals surface area contributed by atoms with E-state index in [-0.39, 0.29) is 6.42 Å². The number of aliphatic hydroxyl groups is 2. The summed E-state index contributed by atoms with van der Waals surface area (Å²) >= 11 is 0. The summed E-state index contributed by atoms with van der Waals surface area (Å²) in [4.78, 5) is 31.9. The molecule has 1 amide bonds. The van der Waals surface area contributed by atoms with Gasteiger partial charge in [-0.05, 0) is 6.42 Å². The highest BCUT2D eigenvalue weighted by molar-refractivity contribution is 7.47. The lowest BCUT2D eigenvalue weighted by Gasteiger charge is -2.18. The van der Waals surface area contributed by atoms with Gasteiger partial charge in [-0.1, -0.05) is 19.8 Å². The summed E-state index contributed by atoms with van der Waals surface area (Å²) in [5, 5.41) is 28.7. The van der Waals surface area contributed by atoms with E-state index in [0.717, 1.165) is 12.8 Å². The summed E-state index contributed by atoms with van der Waals surface area (Å²) in [6.45, 7) is -0.160. The highest BCUT2D eigenvalue weighted by Crippen LogP contribution is 2.43. The van der Waals surface area contributed by atoms with E-state index in [2.05, 4.69) is 14.4 Å². The van der Waals surface area contributed by atoms with Crippen molar-refractivity contribution in [3.05, 3.63) is 0 Å². The molecule has 5 N–H and O–H groups in total. The van der Waals surface area contributed by atoms with Crippen LogP contribution in [0.4, 0.5) is 0 Å². The highest BCUT2D eigenvalue weighted by atomic mass is 31.2. The maximum absolute atomic E-state index is 11.6. The molecular weight excluding hydrogens is 333 g/mol. The van der Waals surface area contributed by atoms with E-state index in [4.69, 9.17) is 15.3 Å². The topological polar surface area (TPSA) is 163 Å². The summed E-state index contributed by atoms with van der Waals surface area (Å²) in [5.41, 5.74) is 0. The summed E-state index contributed by atoms with van der Waals surface area (Å²) in [7, 11) is -4.61. The second kappa shape index (κ2) is 11.5. The highest BCUT2D eigenvalue weighted by Gasteiger charge is 2.28. The van der Waals surface area contributed by atoms with Gasteiger partial charge >= 0.3 is 13.8 Å². The van der Waals surface area contributed by atoms with Crippen molar-refractivity contribution < 1.29 is 43.4 Å². The molecule has 10 nitrogen and oxygen atoms in total. The van der Waals surface area contributed by atoms with E-state index in [0.29, 0.717) is 6.42 Å². The van der Waals surface area contributed by atoms with Crippen molar-refractivity contribution in [2.45, 2.75) is 44.8 Å². The van der Waals surface area contributed by atoms with Crippen LogP contribution in [0.2, 0.25) is 0 Å². The van der Waals surface area contributed by atoms with Gasteiger partial charge in [0.2, 0.25) is 5.91 Å². The van der Waals surface area contributed by atoms with Crippen molar-refractivity contribution in [2.24, 2.45) is 0 Å². The number of hydrogen-bond donors (Lipinski definition) is 5. The summed E-state index contributed by atoms with van der Waals surface area (Å²) in [5.74, 6) is -1.93. The number of hydrogen-bond acceptors (Lipinski definition) is 7. The van der Waals surface area contributed by atoms with E-state index < -0.39 is 51.7 Å². The van der Waals surface area contributed by atoms with Gasteiger partial charge in [-0.3, -0.25) is 13.8 Å². The van der Waals surface area contributed by atoms with Crippen molar-refractivity contribution in [1.82, 2.24) is 5.32 Å². The molecule has 0 heterocycles. The molecule has 0 saturated heterocycles. The Bertz CT molecular complexity index is 417. The Morgan fingerprint density at radius 2 is 1.83 bits per heavy atom. The standard InChI is InChI=1S/C12H24NO9P/c1-2-3-4-5-11(16)13-10(12(17)18)8-22-23(19,20)21-7-9(15)6-14/h9-10,14-15H,2-8H2,1H3,(H,13,16)(H,17,18)(H,19,20)/t9-,10+/m1/s1. The van der Waals surface area contributed by atoms with Crippen molar-refractivity contribution in [1.29, 1.82) is 0 Å². The van der Waals surface area contributed by atoms with Gasteiger partial charge in [0.1, 0.15) is 6.10 Å². The number of phosphoric ester groups is 1. The van der Waals surface area contributed by atoms with E-state index in [1.807, 2.05) is 6.92 Å². The molecule has 23 heavy (non-hydrogen) atoms. The molecule has 0 rings (SSSR count). The molecule has 11 heteroatoms. The number of aliphatic hydroxyl groups excluding tert-OH is 2. The zero-order chi connectivity index (χ0) is 17.9. The number of amides is 1. The third-order valence-corrected chi connectivity index (χ3v) is 3.64. The normalized spacial score (nSPS) is 16.3. The van der Waals surface area contributed by atoms with Crippen molar-refractivity contribution in [3.63, 3.8) is 0 Å². The molecule has 136 valence electrons. The first-order chi connectivity index (χ1) is 10.7. The molecule has 0 aliphatic rings. The number of unbranched alkanes of at least 4 members (excludes halogenated alkanes) is 2. The Morgan fingerprint density at radius 3 is 2.35 bits per heavy atom. The Hall–Kier alpha value is -1.03. The Morgan fingerprint density at radius 1 is 1.22 bits per heavy atom. The molecule has 0 aromatic carbocycles. The number of phosphoric acid groups is 1. The summed E-state index contributed by atoms with van der Waals surface area (Å²) < 4.78 is 20.3. The monoisotopic (exact) mass is 357 g/mol. The summed E-state index contributed by atoms with van der Waals surface area (Å²) in [6.07, 6.45) is 1.12. The molecule has 0 spiro atoms. The average Bonchev–Trinajstić information content (AvgIpc) is 2.49. The number of carbonyl (C=O) groups excluding carboxylic acids is 1. The van der Waals surface area contributed by atoms with Crippen LogP contribution in [0.1, 0.15) is 32.6 Å². The third-order valence-electron chi connectivity index (χ3n) is 2.69. The smallest absolute Gasteiger partial charge is 0.472 e. The largest absolute Gasteiger partial charge is 0.480 e. The molecule has 1 unspecified atom stereocenters. The Labute approximate surface area is 134 Å². The molecule has 0 fully saturated rings. The Kier molecular flexibility index (Phi) is 11.0. The summed E-state index contributed by atoms with van der Waals surface area (Å²) in [6, 6.07) is -1.50. The van der Waals surface area contributed by atoms with Crippen molar-refractivity contribution in [3.8, 4) is 0 Å². The number of carbonyl (C=O) groups is 2. The van der Waals surface area contributed by atoms with Gasteiger partial charge in [-0.15, -0.1) is 0 Å². The minimum Gasteiger partial charge on any atom is -0.480 e. The minimum atomic E-state index is -4.61. The van der Waals surface area contributed by atoms with E-state index in [1.165, 1.54) is 0 Å². The van der Waals surface area contributed by atoms with Crippen LogP contribution in [0.5, 0.6) is 0 Å². The fourth-order valence-electron chi connectivity index (χ4n) is 1.42. The van der Waals surface area contributed by atoms with Gasteiger partial charge in [0, 0.05) is 6.42 Å². The van der Waals surface area contributed by atoms with E-state index in [9.17, 15) is 19.0 Å². The molecule has 0 saturated carbocycles. The minimum absolute atomic E-state index is 0.146. The number of rotatable bonds is 13. The second-order valence-corrected chi connectivity index (χ2v) is 6.27. The zero-order valence-corrected chi connectivity index (χ0v) is 13.8. The fourth-order valence-corrected chi connectivity index (χ4v) is 2.19. The second-order valence-electron chi connectivity index (χ2n) is 4.81. The van der Waals surface area contributed by atoms with Crippen LogP contribution in [0.25, 0.3) is 0 Å². The fraction of sp³-hybridized carbons (Fsp3) is 0.833. The van der Waals surface area contributed by atoms with E-state index in [1.54, 1.807) is 0 Å². The molecule has 3 atom stereocenters. The molecule has 0 aromatic rings. The number of carboxylic acids is 1. The van der Waals surface area contributed by atoms with Gasteiger partial charge in [-0.25, -0.2) is 9.36 Å². The van der Waals surface area contributed by atoms with Gasteiger partial charge in [0.25, 0.3) is 0 Å². The molecule has 0 radical (unpaired) electrons. The van der Waals surface area contributed by atoms with Crippen molar-refractivity contribution >= 4 is 19.7 Å². The molecule has 0 aromatic heterocycles. The zero-order valence-electron chi connectivity index (χ0n) is 12.9. The van der Waals surface area contributed by atoms with Crippen LogP contribution in [0.15, 0.2) is 0 Å². The van der Waals surface area contributed by atoms with Crippen molar-refractivity contribution in [2.75, 3.05) is 19.8 Å². The molecule has 0 bridgehead atoms. The van der Waals surface area contributed by atoms with Crippen LogP contribution in [0, 0.1) is 0 Å². The lowest BCUT2D eigenvalue weighted by Crippen LogP contribution is -2.43. The average molecular weight is 357 g/mol. The lowest BCUT2D eigenvalue weighted by molar-refractivity contribution is -0.142. The van der Waals surface area contributed by atoms with E-state index >= 15 is 0 Å². The van der Waals surface area contributed by atoms with Crippen LogP contribution >= 0.6 is 7.82 Å². The predicted molar refractivity (Wildman–Crippen MR) is 78.5 cm³/mol. The van der Waals surface area contributed by atoms with Crippen LogP contribution in [-0.4, -0.2) is 64.1 Å². The lowest BCUT2D eigenvalue weighted by atomic mass is 10.2. The first-order valence-electron chi connectivity index (χ1n) is 7.14. The SMILES string of the molecule is CCCCCC(=O)N[C@@H](COP(=O)(O)OC[C@H](O)CO)C(=O)O. The van der Waals surface area contributed by atoms with Gasteiger partial charge < -0.3 is 25.5 Å². The first kappa shape index (κ1) is 22.0. The molecule has 0 aliphatic carbocycles. The molecule has 0 aliphatic heterocycles. The van der Waals surface area contributed by atoms with Crippen LogP contribution < -0.4 is 5.32 Å². The number of carboxylic acid groups (broad SMARTS) is 1. The maximum atomic E-state index is 11.6. The third kappa shape index (κ3) is 11.2. The predicted octanol–water partition coefficient (Wildman–Crippen LogP) is -0.377. The molecular formula is C12H24NO9P. The number of aliphatic carboxylic acids is 1. The van der Waals surface area contributed by atoms with Crippen LogP contribution in [0.3, 0.4) is 0 Å². The van der Waals surface area contributed by atoms with Gasteiger partial charge in [0.15, 0.2) is 6.04 Å². The Balaban J connectivity index is 4.34. The first-order valence-corrected chi connectivity index (χ1v) is 8.64. The van der Waals surface area contributed by atoms with Gasteiger partial charge in [-0.2, -0.15) is 0 Å². The maximum Gasteiger partial charge on any atom is 0.472 e. The van der Waals surface area contributed by atoms with Crippen LogP contribution in [-0.2, 0) is 23.2 Å².